The van der Waals surface area contributed by atoms with Crippen molar-refractivity contribution in [3.05, 3.63) is 65.7 Å². The number of ether oxygens (including phenoxy) is 2. The molecular weight excluding hydrogens is 370 g/mol. The zero-order valence-electron chi connectivity index (χ0n) is 16.9. The van der Waals surface area contributed by atoms with E-state index in [0.717, 1.165) is 5.56 Å². The summed E-state index contributed by atoms with van der Waals surface area (Å²) in [6.45, 7) is 5.87. The first-order valence-corrected chi connectivity index (χ1v) is 9.12. The van der Waals surface area contributed by atoms with E-state index in [1.54, 1.807) is 26.8 Å². The van der Waals surface area contributed by atoms with Gasteiger partial charge in [0, 0.05) is 5.56 Å². The first-order valence-electron chi connectivity index (χ1n) is 9.12. The molecule has 2 aromatic carbocycles. The maximum Gasteiger partial charge on any atom is 0.407 e. The van der Waals surface area contributed by atoms with Crippen LogP contribution < -0.4 is 21.5 Å². The van der Waals surface area contributed by atoms with Crippen molar-refractivity contribution in [2.45, 2.75) is 33.0 Å². The maximum atomic E-state index is 12.0. The van der Waals surface area contributed by atoms with Crippen LogP contribution in [0.1, 0.15) is 31.9 Å². The van der Waals surface area contributed by atoms with E-state index in [-0.39, 0.29) is 12.5 Å². The van der Waals surface area contributed by atoms with E-state index in [1.807, 2.05) is 48.5 Å². The molecule has 2 rings (SSSR count). The van der Waals surface area contributed by atoms with Crippen LogP contribution in [0.15, 0.2) is 64.8 Å². The van der Waals surface area contributed by atoms with Crippen molar-refractivity contribution in [3.8, 4) is 5.75 Å². The van der Waals surface area contributed by atoms with Crippen molar-refractivity contribution in [3.63, 3.8) is 0 Å². The summed E-state index contributed by atoms with van der Waals surface area (Å²) in [6, 6.07) is 17.1. The molecule has 5 N–H and O–H groups in total. The van der Waals surface area contributed by atoms with E-state index in [1.165, 1.54) is 0 Å². The van der Waals surface area contributed by atoms with Gasteiger partial charge in [-0.15, -0.1) is 10.2 Å². The highest BCUT2D eigenvalue weighted by molar-refractivity contribution is 6.03. The Hall–Kier alpha value is -3.55. The summed E-state index contributed by atoms with van der Waals surface area (Å²) in [5.74, 6) is 0.470. The number of amides is 1. The fourth-order valence-electron chi connectivity index (χ4n) is 2.29. The van der Waals surface area contributed by atoms with Gasteiger partial charge in [-0.3, -0.25) is 0 Å². The van der Waals surface area contributed by atoms with E-state index < -0.39 is 11.7 Å². The highest BCUT2D eigenvalue weighted by Crippen LogP contribution is 2.16. The molecule has 8 nitrogen and oxygen atoms in total. The Labute approximate surface area is 170 Å². The molecule has 0 aromatic heterocycles. The Bertz CT molecular complexity index is 869. The minimum atomic E-state index is -0.605. The second-order valence-electron chi connectivity index (χ2n) is 7.23. The summed E-state index contributed by atoms with van der Waals surface area (Å²) >= 11 is 0. The number of rotatable bonds is 7. The van der Waals surface area contributed by atoms with E-state index in [0.29, 0.717) is 23.6 Å². The molecule has 0 radical (unpaired) electrons. The lowest BCUT2D eigenvalue weighted by molar-refractivity contribution is 0.0536. The van der Waals surface area contributed by atoms with Crippen LogP contribution in [-0.2, 0) is 11.3 Å². The minimum Gasteiger partial charge on any atom is -0.489 e. The van der Waals surface area contributed by atoms with Crippen LogP contribution in [0.25, 0.3) is 0 Å². The van der Waals surface area contributed by atoms with Gasteiger partial charge in [-0.05, 0) is 38.5 Å². The average molecular weight is 397 g/mol. The number of guanidine groups is 1. The number of hydrogen-bond donors (Lipinski definition) is 3. The molecule has 29 heavy (non-hydrogen) atoms. The van der Waals surface area contributed by atoms with Crippen LogP contribution in [0.5, 0.6) is 5.75 Å². The molecule has 8 heteroatoms. The monoisotopic (exact) mass is 397 g/mol. The van der Waals surface area contributed by atoms with Gasteiger partial charge >= 0.3 is 6.09 Å². The zero-order valence-corrected chi connectivity index (χ0v) is 16.9. The maximum absolute atomic E-state index is 12.0. The topological polar surface area (TPSA) is 124 Å². The molecule has 1 amide bonds. The van der Waals surface area contributed by atoms with Crippen LogP contribution >= 0.6 is 0 Å². The predicted molar refractivity (Wildman–Crippen MR) is 114 cm³/mol. The molecule has 0 saturated carbocycles. The summed E-state index contributed by atoms with van der Waals surface area (Å²) in [5, 5.41) is 10.4. The Morgan fingerprint density at radius 2 is 1.76 bits per heavy atom. The fraction of sp³-hybridized carbons (Fsp3) is 0.286. The summed E-state index contributed by atoms with van der Waals surface area (Å²) in [5.41, 5.74) is 12.4. The number of nitrogens with two attached hydrogens (primary N) is 2. The standard InChI is InChI=1S/C21H27N5O3/c1-21(2,3)29-20(27)24-13-18(25-26-19(22)23)16-10-7-11-17(12-16)28-14-15-8-5-4-6-9-15/h4-12H,13-14H2,1-3H3,(H,24,27)(H4,22,23,26)/b25-18+. The van der Waals surface area contributed by atoms with Gasteiger partial charge in [0.05, 0.1) is 12.3 Å². The summed E-state index contributed by atoms with van der Waals surface area (Å²) in [6.07, 6.45) is -0.564. The molecular formula is C21H27N5O3. The summed E-state index contributed by atoms with van der Waals surface area (Å²) in [7, 11) is 0. The van der Waals surface area contributed by atoms with Gasteiger partial charge in [0.25, 0.3) is 0 Å². The number of hydrogen-bond acceptors (Lipinski definition) is 5. The highest BCUT2D eigenvalue weighted by atomic mass is 16.6. The number of nitrogens with one attached hydrogen (secondary N) is 1. The number of nitrogens with zero attached hydrogens (tertiary/aromatic N) is 2. The normalized spacial score (nSPS) is 11.5. The molecule has 0 fully saturated rings. The van der Waals surface area contributed by atoms with Crippen molar-refractivity contribution < 1.29 is 14.3 Å². The second-order valence-corrected chi connectivity index (χ2v) is 7.23. The first kappa shape index (κ1) is 21.7. The Morgan fingerprint density at radius 3 is 2.41 bits per heavy atom. The molecule has 0 unspecified atom stereocenters. The molecule has 0 bridgehead atoms. The molecule has 2 aromatic rings. The zero-order chi connectivity index (χ0) is 21.3. The van der Waals surface area contributed by atoms with Crippen molar-refractivity contribution in [2.24, 2.45) is 21.7 Å². The van der Waals surface area contributed by atoms with Crippen molar-refractivity contribution >= 4 is 17.8 Å². The predicted octanol–water partition coefficient (Wildman–Crippen LogP) is 2.77. The lowest BCUT2D eigenvalue weighted by Gasteiger charge is -2.19. The number of carbonyl (C=O) groups is 1. The molecule has 154 valence electrons. The number of alkyl carbamates (subject to hydrolysis) is 1. The third-order valence-corrected chi connectivity index (χ3v) is 3.50. The molecule has 0 atom stereocenters. The number of benzene rings is 2. The third-order valence-electron chi connectivity index (χ3n) is 3.50. The molecule has 0 saturated heterocycles. The lowest BCUT2D eigenvalue weighted by atomic mass is 10.1. The van der Waals surface area contributed by atoms with E-state index in [2.05, 4.69) is 15.5 Å². The molecule has 0 heterocycles. The largest absolute Gasteiger partial charge is 0.489 e. The van der Waals surface area contributed by atoms with Gasteiger partial charge in [0.1, 0.15) is 18.0 Å². The fourth-order valence-corrected chi connectivity index (χ4v) is 2.29. The Morgan fingerprint density at radius 1 is 1.03 bits per heavy atom. The SMILES string of the molecule is CC(C)(C)OC(=O)NC/C(=N\N=C(N)N)c1cccc(OCc2ccccc2)c1. The molecule has 0 aliphatic heterocycles. The van der Waals surface area contributed by atoms with Crippen molar-refractivity contribution in [1.82, 2.24) is 5.32 Å². The first-order chi connectivity index (χ1) is 13.7. The minimum absolute atomic E-state index is 0.0772. The van der Waals surface area contributed by atoms with Crippen molar-refractivity contribution in [2.75, 3.05) is 6.54 Å². The van der Waals surface area contributed by atoms with Crippen LogP contribution in [0.3, 0.4) is 0 Å². The van der Waals surface area contributed by atoms with E-state index in [9.17, 15) is 4.79 Å². The quantitative estimate of drug-likeness (QED) is 0.376. The molecule has 0 spiro atoms. The Balaban J connectivity index is 2.12. The van der Waals surface area contributed by atoms with Crippen LogP contribution in [0, 0.1) is 0 Å². The van der Waals surface area contributed by atoms with Gasteiger partial charge < -0.3 is 26.3 Å². The molecule has 0 aliphatic carbocycles. The van der Waals surface area contributed by atoms with Gasteiger partial charge in [0.15, 0.2) is 0 Å². The highest BCUT2D eigenvalue weighted by Gasteiger charge is 2.17. The van der Waals surface area contributed by atoms with Crippen LogP contribution in [0.2, 0.25) is 0 Å². The van der Waals surface area contributed by atoms with Crippen LogP contribution in [-0.4, -0.2) is 29.9 Å². The average Bonchev–Trinajstić information content (AvgIpc) is 2.66. The summed E-state index contributed by atoms with van der Waals surface area (Å²) < 4.78 is 11.1. The van der Waals surface area contributed by atoms with Crippen LogP contribution in [0.4, 0.5) is 4.79 Å². The Kier molecular flexibility index (Phi) is 7.59. The smallest absolute Gasteiger partial charge is 0.407 e. The van der Waals surface area contributed by atoms with E-state index >= 15 is 0 Å². The van der Waals surface area contributed by atoms with E-state index in [4.69, 9.17) is 20.9 Å². The lowest BCUT2D eigenvalue weighted by Crippen LogP contribution is -2.35. The number of carbonyl (C=O) groups excluding carboxylic acids is 1. The third kappa shape index (κ3) is 8.34. The van der Waals surface area contributed by atoms with Gasteiger partial charge in [-0.2, -0.15) is 0 Å². The molecule has 0 aliphatic rings. The second kappa shape index (κ2) is 10.1. The summed E-state index contributed by atoms with van der Waals surface area (Å²) in [4.78, 5) is 12.0. The van der Waals surface area contributed by atoms with Crippen molar-refractivity contribution in [1.29, 1.82) is 0 Å². The van der Waals surface area contributed by atoms with Gasteiger partial charge in [0.2, 0.25) is 5.96 Å². The van der Waals surface area contributed by atoms with Gasteiger partial charge in [-0.25, -0.2) is 4.79 Å². The van der Waals surface area contributed by atoms with Gasteiger partial charge in [-0.1, -0.05) is 42.5 Å².